The van der Waals surface area contributed by atoms with E-state index in [1.54, 1.807) is 6.20 Å². The van der Waals surface area contributed by atoms with E-state index < -0.39 is 0 Å². The van der Waals surface area contributed by atoms with Crippen molar-refractivity contribution in [2.45, 2.75) is 41.2 Å². The molecule has 4 nitrogen and oxygen atoms in total. The molecule has 1 heterocycles. The van der Waals surface area contributed by atoms with E-state index in [1.165, 1.54) is 0 Å². The topological polar surface area (TPSA) is 49.8 Å². The predicted octanol–water partition coefficient (Wildman–Crippen LogP) is 2.93. The van der Waals surface area contributed by atoms with E-state index in [4.69, 9.17) is 0 Å². The van der Waals surface area contributed by atoms with Gasteiger partial charge in [0.1, 0.15) is 5.82 Å². The van der Waals surface area contributed by atoms with Crippen molar-refractivity contribution in [3.8, 4) is 0 Å². The maximum atomic E-state index is 4.56. The fourth-order valence-corrected chi connectivity index (χ4v) is 2.29. The molecule has 0 spiro atoms. The molecule has 1 aromatic rings. The van der Waals surface area contributed by atoms with Crippen LogP contribution < -0.4 is 10.6 Å². The van der Waals surface area contributed by atoms with Crippen molar-refractivity contribution >= 4 is 5.82 Å². The highest BCUT2D eigenvalue weighted by Gasteiger charge is 2.17. The Morgan fingerprint density at radius 2 is 1.79 bits per heavy atom. The smallest absolute Gasteiger partial charge is 0.144 e. The summed E-state index contributed by atoms with van der Waals surface area (Å²) in [6, 6.07) is 0. The largest absolute Gasteiger partial charge is 0.368 e. The summed E-state index contributed by atoms with van der Waals surface area (Å²) in [7, 11) is 0. The lowest BCUT2D eigenvalue weighted by molar-refractivity contribution is 0.304. The van der Waals surface area contributed by atoms with Crippen molar-refractivity contribution in [1.82, 2.24) is 15.3 Å². The molecule has 0 aliphatic heterocycles. The Kier molecular flexibility index (Phi) is 6.78. The second-order valence-corrected chi connectivity index (χ2v) is 5.71. The van der Waals surface area contributed by atoms with Crippen LogP contribution in [0.3, 0.4) is 0 Å². The summed E-state index contributed by atoms with van der Waals surface area (Å²) in [5.41, 5.74) is 0.984. The van der Waals surface area contributed by atoms with Crippen LogP contribution in [0, 0.1) is 17.8 Å². The molecule has 0 atom stereocenters. The summed E-state index contributed by atoms with van der Waals surface area (Å²) in [5, 5.41) is 6.69. The van der Waals surface area contributed by atoms with Gasteiger partial charge in [-0.3, -0.25) is 4.98 Å². The van der Waals surface area contributed by atoms with Crippen LogP contribution >= 0.6 is 0 Å². The van der Waals surface area contributed by atoms with Gasteiger partial charge in [0.2, 0.25) is 0 Å². The third-order valence-electron chi connectivity index (χ3n) is 3.47. The number of hydrogen-bond donors (Lipinski definition) is 2. The van der Waals surface area contributed by atoms with Gasteiger partial charge in [-0.05, 0) is 24.3 Å². The Balaban J connectivity index is 2.56. The highest BCUT2D eigenvalue weighted by Crippen LogP contribution is 2.20. The lowest BCUT2D eigenvalue weighted by Crippen LogP contribution is -2.25. The van der Waals surface area contributed by atoms with Gasteiger partial charge in [0, 0.05) is 19.3 Å². The monoisotopic (exact) mass is 264 g/mol. The zero-order valence-electron chi connectivity index (χ0n) is 12.9. The van der Waals surface area contributed by atoms with Crippen LogP contribution in [0.5, 0.6) is 0 Å². The quantitative estimate of drug-likeness (QED) is 0.758. The molecular formula is C15H28N4. The average molecular weight is 264 g/mol. The van der Waals surface area contributed by atoms with Gasteiger partial charge < -0.3 is 10.6 Å². The van der Waals surface area contributed by atoms with Gasteiger partial charge in [-0.25, -0.2) is 4.98 Å². The van der Waals surface area contributed by atoms with Gasteiger partial charge in [0.05, 0.1) is 11.9 Å². The minimum Gasteiger partial charge on any atom is -0.368 e. The maximum absolute atomic E-state index is 4.56. The molecule has 0 amide bonds. The minimum absolute atomic E-state index is 0.652. The molecule has 0 bridgehead atoms. The van der Waals surface area contributed by atoms with E-state index in [2.05, 4.69) is 55.2 Å². The van der Waals surface area contributed by atoms with E-state index in [0.29, 0.717) is 17.8 Å². The van der Waals surface area contributed by atoms with Gasteiger partial charge in [-0.1, -0.05) is 34.6 Å². The Morgan fingerprint density at radius 1 is 1.11 bits per heavy atom. The first kappa shape index (κ1) is 15.9. The molecule has 0 saturated carbocycles. The van der Waals surface area contributed by atoms with Crippen LogP contribution in [0.4, 0.5) is 5.82 Å². The molecule has 19 heavy (non-hydrogen) atoms. The second-order valence-electron chi connectivity index (χ2n) is 5.71. The van der Waals surface area contributed by atoms with Crippen LogP contribution in [0.15, 0.2) is 12.4 Å². The van der Waals surface area contributed by atoms with Crippen molar-refractivity contribution in [2.24, 2.45) is 17.8 Å². The van der Waals surface area contributed by atoms with Crippen molar-refractivity contribution in [2.75, 3.05) is 18.4 Å². The SMILES string of the molecule is CCNCc1cncc(NCC(C(C)C)C(C)C)n1. The highest BCUT2D eigenvalue weighted by molar-refractivity contribution is 5.31. The molecule has 0 aromatic carbocycles. The molecule has 0 radical (unpaired) electrons. The van der Waals surface area contributed by atoms with E-state index >= 15 is 0 Å². The third-order valence-corrected chi connectivity index (χ3v) is 3.47. The zero-order valence-corrected chi connectivity index (χ0v) is 12.9. The van der Waals surface area contributed by atoms with Crippen LogP contribution in [0.25, 0.3) is 0 Å². The number of nitrogens with one attached hydrogen (secondary N) is 2. The molecule has 4 heteroatoms. The van der Waals surface area contributed by atoms with Gasteiger partial charge in [0.25, 0.3) is 0 Å². The third kappa shape index (κ3) is 5.55. The Labute approximate surface area is 117 Å². The molecule has 0 aliphatic rings. The standard InChI is InChI=1S/C15H28N4/c1-6-16-7-13-8-17-10-15(19-13)18-9-14(11(2)3)12(4)5/h8,10-12,14,16H,6-7,9H2,1-5H3,(H,18,19). The number of aromatic nitrogens is 2. The molecule has 1 aromatic heterocycles. The van der Waals surface area contributed by atoms with Gasteiger partial charge >= 0.3 is 0 Å². The molecule has 0 unspecified atom stereocenters. The molecule has 2 N–H and O–H groups in total. The van der Waals surface area contributed by atoms with Crippen LogP contribution in [0.2, 0.25) is 0 Å². The molecular weight excluding hydrogens is 236 g/mol. The summed E-state index contributed by atoms with van der Waals surface area (Å²) < 4.78 is 0. The van der Waals surface area contributed by atoms with Crippen molar-refractivity contribution < 1.29 is 0 Å². The van der Waals surface area contributed by atoms with Crippen molar-refractivity contribution in [3.63, 3.8) is 0 Å². The molecule has 1 rings (SSSR count). The number of hydrogen-bond acceptors (Lipinski definition) is 4. The van der Waals surface area contributed by atoms with Crippen LogP contribution in [0.1, 0.15) is 40.3 Å². The predicted molar refractivity (Wildman–Crippen MR) is 81.1 cm³/mol. The minimum atomic E-state index is 0.652. The molecule has 0 aliphatic carbocycles. The Morgan fingerprint density at radius 3 is 2.37 bits per heavy atom. The first-order valence-corrected chi connectivity index (χ1v) is 7.30. The van der Waals surface area contributed by atoms with E-state index in [0.717, 1.165) is 31.1 Å². The molecule has 0 saturated heterocycles. The Hall–Kier alpha value is -1.16. The zero-order chi connectivity index (χ0) is 14.3. The fraction of sp³-hybridized carbons (Fsp3) is 0.733. The maximum Gasteiger partial charge on any atom is 0.144 e. The lowest BCUT2D eigenvalue weighted by atomic mass is 9.85. The summed E-state index contributed by atoms with van der Waals surface area (Å²) >= 11 is 0. The van der Waals surface area contributed by atoms with E-state index in [1.807, 2.05) is 6.20 Å². The summed E-state index contributed by atoms with van der Waals surface area (Å²) in [5.74, 6) is 2.87. The van der Waals surface area contributed by atoms with Crippen LogP contribution in [-0.4, -0.2) is 23.1 Å². The number of anilines is 1. The Bertz CT molecular complexity index is 355. The van der Waals surface area contributed by atoms with Crippen molar-refractivity contribution in [1.29, 1.82) is 0 Å². The number of rotatable bonds is 8. The highest BCUT2D eigenvalue weighted by atomic mass is 15.0. The van der Waals surface area contributed by atoms with E-state index in [-0.39, 0.29) is 0 Å². The summed E-state index contributed by atoms with van der Waals surface area (Å²) in [4.78, 5) is 8.80. The number of nitrogens with zero attached hydrogens (tertiary/aromatic N) is 2. The first-order chi connectivity index (χ1) is 9.04. The fourth-order valence-electron chi connectivity index (χ4n) is 2.29. The van der Waals surface area contributed by atoms with E-state index in [9.17, 15) is 0 Å². The van der Waals surface area contributed by atoms with Gasteiger partial charge in [0.15, 0.2) is 0 Å². The average Bonchev–Trinajstić information content (AvgIpc) is 2.36. The first-order valence-electron chi connectivity index (χ1n) is 7.30. The molecule has 0 fully saturated rings. The lowest BCUT2D eigenvalue weighted by Gasteiger charge is -2.25. The van der Waals surface area contributed by atoms with Gasteiger partial charge in [-0.2, -0.15) is 0 Å². The second kappa shape index (κ2) is 8.10. The summed E-state index contributed by atoms with van der Waals surface area (Å²) in [6.45, 7) is 13.9. The van der Waals surface area contributed by atoms with Gasteiger partial charge in [-0.15, -0.1) is 0 Å². The summed E-state index contributed by atoms with van der Waals surface area (Å²) in [6.07, 6.45) is 3.61. The normalized spacial score (nSPS) is 11.6. The molecule has 108 valence electrons. The van der Waals surface area contributed by atoms with Crippen molar-refractivity contribution in [3.05, 3.63) is 18.1 Å². The van der Waals surface area contributed by atoms with Crippen LogP contribution in [-0.2, 0) is 6.54 Å².